The number of imidazole rings is 1. The summed E-state index contributed by atoms with van der Waals surface area (Å²) >= 11 is 11.5. The van der Waals surface area contributed by atoms with Crippen molar-refractivity contribution in [2.24, 2.45) is 0 Å². The van der Waals surface area contributed by atoms with Crippen LogP contribution in [0.5, 0.6) is 23.0 Å². The number of phenolic OH excluding ortho intramolecular Hbond substituents is 2. The van der Waals surface area contributed by atoms with E-state index in [0.717, 1.165) is 33.7 Å². The Balaban J connectivity index is 0.000000172. The van der Waals surface area contributed by atoms with Crippen molar-refractivity contribution in [3.05, 3.63) is 160 Å². The predicted octanol–water partition coefficient (Wildman–Crippen LogP) is 9.83. The third-order valence-corrected chi connectivity index (χ3v) is 8.45. The molecule has 0 unspecified atom stereocenters. The second-order valence-corrected chi connectivity index (χ2v) is 12.5. The fourth-order valence-electron chi connectivity index (χ4n) is 5.36. The van der Waals surface area contributed by atoms with E-state index in [1.165, 1.54) is 18.2 Å². The van der Waals surface area contributed by atoms with Crippen LogP contribution in [0.3, 0.4) is 0 Å². The number of hydrogen-bond donors (Lipinski definition) is 2. The zero-order valence-corrected chi connectivity index (χ0v) is 30.8. The summed E-state index contributed by atoms with van der Waals surface area (Å²) in [7, 11) is 3.20. The summed E-state index contributed by atoms with van der Waals surface area (Å²) in [6.07, 6.45) is 4.17. The zero-order chi connectivity index (χ0) is 38.1. The van der Waals surface area contributed by atoms with E-state index in [4.69, 9.17) is 42.8 Å². The van der Waals surface area contributed by atoms with Gasteiger partial charge in [-0.2, -0.15) is 0 Å². The second-order valence-electron chi connectivity index (χ2n) is 11.7. The summed E-state index contributed by atoms with van der Waals surface area (Å²) in [5, 5.41) is 20.3. The third kappa shape index (κ3) is 9.02. The first-order valence-corrected chi connectivity index (χ1v) is 16.9. The van der Waals surface area contributed by atoms with Gasteiger partial charge < -0.3 is 19.7 Å². The second kappa shape index (κ2) is 17.4. The van der Waals surface area contributed by atoms with Crippen LogP contribution in [0.2, 0.25) is 10.0 Å². The van der Waals surface area contributed by atoms with Gasteiger partial charge in [-0.3, -0.25) is 19.0 Å². The number of aromatic hydroxyl groups is 2. The highest BCUT2D eigenvalue weighted by Crippen LogP contribution is 2.38. The van der Waals surface area contributed by atoms with E-state index in [2.05, 4.69) is 11.1 Å². The number of benzene rings is 4. The van der Waals surface area contributed by atoms with Crippen molar-refractivity contribution >= 4 is 40.8 Å². The van der Waals surface area contributed by atoms with Gasteiger partial charge in [-0.15, -0.1) is 0 Å². The number of rotatable bonds is 7. The molecule has 0 saturated heterocycles. The number of nitrogens with zero attached hydrogens (tertiary/aromatic N) is 3. The molecule has 0 fully saturated rings. The molecule has 0 amide bonds. The molecule has 0 aliphatic rings. The van der Waals surface area contributed by atoms with Gasteiger partial charge in [-0.05, 0) is 110 Å². The van der Waals surface area contributed by atoms with Gasteiger partial charge in [-0.25, -0.2) is 4.98 Å². The molecule has 11 heteroatoms. The number of aryl methyl sites for hydroxylation is 2. The maximum absolute atomic E-state index is 12.2. The van der Waals surface area contributed by atoms with E-state index in [-0.39, 0.29) is 22.8 Å². The van der Waals surface area contributed by atoms with Gasteiger partial charge in [-0.1, -0.05) is 47.5 Å². The first-order chi connectivity index (χ1) is 25.5. The minimum atomic E-state index is -0.119. The monoisotopic (exact) mass is 747 g/mol. The van der Waals surface area contributed by atoms with Crippen LogP contribution < -0.4 is 9.47 Å². The first-order valence-electron chi connectivity index (χ1n) is 16.2. The molecule has 53 heavy (non-hydrogen) atoms. The van der Waals surface area contributed by atoms with Gasteiger partial charge in [0, 0.05) is 28.0 Å². The standard InChI is InChI=1S/C21H17ClN2O2.C14H13NO2.C7H5ClO2/c1-13-9-10-24-17(11-13)20(16-5-3-4-6-19(16)26-2)23-21(24)15-8-7-14(22)12-18(15)25;1-10-7-8-15-12(9-10)14(16)11-5-3-4-6-13(11)17-2;8-6-2-1-5(4-9)7(10)3-6/h3-12,25H,1-2H3;3-9H,1-2H3;1-4,10H. The fraction of sp³-hybridized carbons (Fsp3) is 0.0952. The molecular weight excluding hydrogens is 713 g/mol. The van der Waals surface area contributed by atoms with Gasteiger partial charge >= 0.3 is 0 Å². The number of pyridine rings is 2. The normalized spacial score (nSPS) is 10.4. The largest absolute Gasteiger partial charge is 0.507 e. The number of ether oxygens (including phenoxy) is 2. The lowest BCUT2D eigenvalue weighted by molar-refractivity contribution is 0.103. The number of para-hydroxylation sites is 2. The van der Waals surface area contributed by atoms with Gasteiger partial charge in [0.2, 0.25) is 5.78 Å². The van der Waals surface area contributed by atoms with Crippen molar-refractivity contribution in [1.29, 1.82) is 0 Å². The van der Waals surface area contributed by atoms with Crippen LogP contribution in [0.25, 0.3) is 28.2 Å². The molecule has 0 aliphatic heterocycles. The average Bonchev–Trinajstić information content (AvgIpc) is 3.53. The molecule has 0 spiro atoms. The van der Waals surface area contributed by atoms with Crippen molar-refractivity contribution in [3.63, 3.8) is 0 Å². The van der Waals surface area contributed by atoms with Gasteiger partial charge in [0.15, 0.2) is 6.29 Å². The molecule has 4 aromatic carbocycles. The van der Waals surface area contributed by atoms with E-state index in [1.807, 2.05) is 73.0 Å². The predicted molar refractivity (Wildman–Crippen MR) is 208 cm³/mol. The maximum atomic E-state index is 12.2. The highest BCUT2D eigenvalue weighted by Gasteiger charge is 2.19. The average molecular weight is 749 g/mol. The first kappa shape index (κ1) is 38.1. The summed E-state index contributed by atoms with van der Waals surface area (Å²) in [4.78, 5) is 31.3. The molecule has 0 atom stereocenters. The Labute approximate surface area is 316 Å². The van der Waals surface area contributed by atoms with Crippen LogP contribution in [0.1, 0.15) is 37.5 Å². The number of fused-ring (bicyclic) bond motifs is 1. The fourth-order valence-corrected chi connectivity index (χ4v) is 5.69. The van der Waals surface area contributed by atoms with Crippen LogP contribution in [0.4, 0.5) is 0 Å². The topological polar surface area (TPSA) is 123 Å². The number of carbonyl (C=O) groups is 2. The number of methoxy groups -OCH3 is 2. The van der Waals surface area contributed by atoms with E-state index in [0.29, 0.717) is 44.7 Å². The third-order valence-electron chi connectivity index (χ3n) is 7.98. The van der Waals surface area contributed by atoms with Crippen LogP contribution in [0, 0.1) is 13.8 Å². The number of hydrogen-bond acceptors (Lipinski definition) is 8. The Bertz CT molecular complexity index is 2410. The lowest BCUT2D eigenvalue weighted by Gasteiger charge is -2.06. The van der Waals surface area contributed by atoms with Crippen LogP contribution >= 0.6 is 23.2 Å². The van der Waals surface area contributed by atoms with Gasteiger partial charge in [0.25, 0.3) is 0 Å². The number of carbonyl (C=O) groups excluding carboxylic acids is 2. The minimum Gasteiger partial charge on any atom is -0.507 e. The molecule has 268 valence electrons. The number of ketones is 1. The van der Waals surface area contributed by atoms with E-state index >= 15 is 0 Å². The van der Waals surface area contributed by atoms with E-state index < -0.39 is 0 Å². The summed E-state index contributed by atoms with van der Waals surface area (Å²) < 4.78 is 12.7. The summed E-state index contributed by atoms with van der Waals surface area (Å²) in [5.74, 6) is 1.86. The summed E-state index contributed by atoms with van der Waals surface area (Å²) in [6.45, 7) is 3.97. The Kier molecular flexibility index (Phi) is 12.5. The highest BCUT2D eigenvalue weighted by molar-refractivity contribution is 6.31. The molecular formula is C42H35Cl2N3O6. The molecule has 2 N–H and O–H groups in total. The molecule has 0 radical (unpaired) electrons. The summed E-state index contributed by atoms with van der Waals surface area (Å²) in [5.41, 5.74) is 6.63. The smallest absolute Gasteiger partial charge is 0.215 e. The SMILES string of the molecule is COc1ccccc1-c1nc(-c2ccc(Cl)cc2O)n2ccc(C)cc12.COc1ccccc1C(=O)c1cc(C)ccn1.O=Cc1ccc(Cl)cc1O. The molecule has 3 aromatic heterocycles. The number of phenols is 2. The van der Waals surface area contributed by atoms with Crippen LogP contribution in [-0.2, 0) is 0 Å². The van der Waals surface area contributed by atoms with E-state index in [1.54, 1.807) is 56.8 Å². The molecule has 0 saturated carbocycles. The Morgan fingerprint density at radius 1 is 0.736 bits per heavy atom. The number of aldehydes is 1. The van der Waals surface area contributed by atoms with Gasteiger partial charge in [0.05, 0.1) is 36.4 Å². The van der Waals surface area contributed by atoms with Crippen LogP contribution in [-0.4, -0.2) is 50.9 Å². The lowest BCUT2D eigenvalue weighted by Crippen LogP contribution is -2.06. The highest BCUT2D eigenvalue weighted by atomic mass is 35.5. The van der Waals surface area contributed by atoms with Gasteiger partial charge in [0.1, 0.15) is 40.2 Å². The Morgan fingerprint density at radius 3 is 2.04 bits per heavy atom. The lowest BCUT2D eigenvalue weighted by atomic mass is 10.1. The maximum Gasteiger partial charge on any atom is 0.215 e. The molecule has 0 aliphatic carbocycles. The van der Waals surface area contributed by atoms with Crippen molar-refractivity contribution in [3.8, 4) is 45.6 Å². The quantitative estimate of drug-likeness (QED) is 0.122. The number of aromatic nitrogens is 3. The minimum absolute atomic E-state index is 0.0810. The van der Waals surface area contributed by atoms with Crippen molar-refractivity contribution < 1.29 is 29.3 Å². The zero-order valence-electron chi connectivity index (χ0n) is 29.2. The Hall–Kier alpha value is -6.16. The number of halogens is 2. The molecule has 9 nitrogen and oxygen atoms in total. The molecule has 7 rings (SSSR count). The van der Waals surface area contributed by atoms with Crippen molar-refractivity contribution in [2.45, 2.75) is 13.8 Å². The van der Waals surface area contributed by atoms with Crippen LogP contribution in [0.15, 0.2) is 122 Å². The summed E-state index contributed by atoms with van der Waals surface area (Å²) in [6, 6.07) is 32.0. The molecule has 7 aromatic rings. The van der Waals surface area contributed by atoms with Crippen molar-refractivity contribution in [1.82, 2.24) is 14.4 Å². The van der Waals surface area contributed by atoms with E-state index in [9.17, 15) is 14.7 Å². The van der Waals surface area contributed by atoms with Crippen molar-refractivity contribution in [2.75, 3.05) is 14.2 Å². The Morgan fingerprint density at radius 2 is 1.38 bits per heavy atom. The molecule has 0 bridgehead atoms. The molecule has 3 heterocycles.